The van der Waals surface area contributed by atoms with Crippen LogP contribution in [0.25, 0.3) is 0 Å². The molecule has 5 heteroatoms. The van der Waals surface area contributed by atoms with E-state index in [0.717, 1.165) is 12.8 Å². The maximum atomic E-state index is 11.8. The molecule has 0 aromatic heterocycles. The van der Waals surface area contributed by atoms with Crippen LogP contribution in [0.15, 0.2) is 0 Å². The van der Waals surface area contributed by atoms with Crippen LogP contribution in [0.4, 0.5) is 4.79 Å². The van der Waals surface area contributed by atoms with Gasteiger partial charge in [-0.3, -0.25) is 4.79 Å². The van der Waals surface area contributed by atoms with Crippen LogP contribution in [0.3, 0.4) is 0 Å². The van der Waals surface area contributed by atoms with Gasteiger partial charge in [-0.25, -0.2) is 4.79 Å². The first kappa shape index (κ1) is 18.7. The van der Waals surface area contributed by atoms with E-state index in [2.05, 4.69) is 24.5 Å². The lowest BCUT2D eigenvalue weighted by Gasteiger charge is -2.26. The number of hydrogen-bond acceptors (Lipinski definition) is 2. The van der Waals surface area contributed by atoms with Crippen molar-refractivity contribution in [1.29, 1.82) is 0 Å². The molecule has 0 aromatic rings. The van der Waals surface area contributed by atoms with Gasteiger partial charge in [-0.15, -0.1) is 0 Å². The molecule has 3 N–H and O–H groups in total. The summed E-state index contributed by atoms with van der Waals surface area (Å²) in [5, 5.41) is 14.5. The van der Waals surface area contributed by atoms with Crippen LogP contribution in [-0.2, 0) is 4.79 Å². The van der Waals surface area contributed by atoms with Gasteiger partial charge < -0.3 is 15.7 Å². The second-order valence-electron chi connectivity index (χ2n) is 6.60. The smallest absolute Gasteiger partial charge is 0.315 e. The maximum absolute atomic E-state index is 11.8. The van der Waals surface area contributed by atoms with Gasteiger partial charge in [0, 0.05) is 12.6 Å². The summed E-state index contributed by atoms with van der Waals surface area (Å²) in [6.45, 7) is 10.9. The largest absolute Gasteiger partial charge is 0.481 e. The molecule has 0 saturated heterocycles. The highest BCUT2D eigenvalue weighted by Crippen LogP contribution is 2.22. The number of aliphatic carboxylic acids is 1. The van der Waals surface area contributed by atoms with Crippen LogP contribution < -0.4 is 10.6 Å². The predicted molar refractivity (Wildman–Crippen MR) is 80.7 cm³/mol. The summed E-state index contributed by atoms with van der Waals surface area (Å²) >= 11 is 0. The van der Waals surface area contributed by atoms with E-state index in [9.17, 15) is 9.59 Å². The Balaban J connectivity index is 4.34. The SMILES string of the molecule is CCC(CC)CNC(=O)NC(CC(=O)O)CC(C)(C)C. The Morgan fingerprint density at radius 2 is 1.70 bits per heavy atom. The van der Waals surface area contributed by atoms with E-state index in [4.69, 9.17) is 5.11 Å². The third-order valence-electron chi connectivity index (χ3n) is 3.32. The second-order valence-corrected chi connectivity index (χ2v) is 6.60. The molecule has 1 unspecified atom stereocenters. The van der Waals surface area contributed by atoms with Crippen LogP contribution in [-0.4, -0.2) is 29.7 Å². The molecule has 0 radical (unpaired) electrons. The number of carbonyl (C=O) groups is 2. The highest BCUT2D eigenvalue weighted by atomic mass is 16.4. The van der Waals surface area contributed by atoms with Gasteiger partial charge >= 0.3 is 12.0 Å². The predicted octanol–water partition coefficient (Wildman–Crippen LogP) is 3.00. The average Bonchev–Trinajstić information content (AvgIpc) is 2.26. The summed E-state index contributed by atoms with van der Waals surface area (Å²) in [7, 11) is 0. The van der Waals surface area contributed by atoms with E-state index >= 15 is 0 Å². The Labute approximate surface area is 122 Å². The zero-order chi connectivity index (χ0) is 15.8. The molecule has 0 aliphatic rings. The molecule has 0 aliphatic heterocycles. The molecule has 1 atom stereocenters. The number of urea groups is 1. The molecule has 0 spiro atoms. The Bertz CT molecular complexity index is 307. The molecular formula is C15H30N2O3. The number of carbonyl (C=O) groups excluding carboxylic acids is 1. The van der Waals surface area contributed by atoms with Crippen molar-refractivity contribution < 1.29 is 14.7 Å². The molecule has 118 valence electrons. The highest BCUT2D eigenvalue weighted by Gasteiger charge is 2.22. The third-order valence-corrected chi connectivity index (χ3v) is 3.32. The Morgan fingerprint density at radius 3 is 2.10 bits per heavy atom. The fourth-order valence-electron chi connectivity index (χ4n) is 2.18. The van der Waals surface area contributed by atoms with Crippen LogP contribution >= 0.6 is 0 Å². The molecule has 2 amide bonds. The number of carboxylic acids is 1. The van der Waals surface area contributed by atoms with E-state index in [1.165, 1.54) is 0 Å². The van der Waals surface area contributed by atoms with E-state index in [1.807, 2.05) is 20.8 Å². The lowest BCUT2D eigenvalue weighted by molar-refractivity contribution is -0.137. The van der Waals surface area contributed by atoms with Gasteiger partial charge in [0.15, 0.2) is 0 Å². The normalized spacial score (nSPS) is 13.1. The molecule has 0 bridgehead atoms. The first-order valence-corrected chi connectivity index (χ1v) is 7.44. The minimum absolute atomic E-state index is 0.0250. The average molecular weight is 286 g/mol. The van der Waals surface area contributed by atoms with Crippen molar-refractivity contribution in [2.45, 2.75) is 66.3 Å². The van der Waals surface area contributed by atoms with Gasteiger partial charge in [0.05, 0.1) is 6.42 Å². The zero-order valence-corrected chi connectivity index (χ0v) is 13.5. The van der Waals surface area contributed by atoms with Gasteiger partial charge in [-0.1, -0.05) is 47.5 Å². The monoisotopic (exact) mass is 286 g/mol. The van der Waals surface area contributed by atoms with Crippen molar-refractivity contribution in [2.75, 3.05) is 6.54 Å². The summed E-state index contributed by atoms with van der Waals surface area (Å²) in [6, 6.07) is -0.610. The van der Waals surface area contributed by atoms with Gasteiger partial charge in [0.25, 0.3) is 0 Å². The summed E-state index contributed by atoms with van der Waals surface area (Å²) < 4.78 is 0. The minimum Gasteiger partial charge on any atom is -0.481 e. The molecule has 0 rings (SSSR count). The standard InChI is InChI=1S/C15H30N2O3/c1-6-11(7-2)10-16-14(20)17-12(8-13(18)19)9-15(3,4)5/h11-12H,6-10H2,1-5H3,(H,18,19)(H2,16,17,20). The van der Waals surface area contributed by atoms with E-state index in [-0.39, 0.29) is 23.9 Å². The fourth-order valence-corrected chi connectivity index (χ4v) is 2.18. The van der Waals surface area contributed by atoms with Crippen molar-refractivity contribution in [3.63, 3.8) is 0 Å². The number of nitrogens with one attached hydrogen (secondary N) is 2. The Kier molecular flexibility index (Phi) is 8.26. The summed E-state index contributed by atoms with van der Waals surface area (Å²) in [6.07, 6.45) is 2.64. The molecular weight excluding hydrogens is 256 g/mol. The van der Waals surface area contributed by atoms with Gasteiger partial charge in [-0.2, -0.15) is 0 Å². The van der Waals surface area contributed by atoms with Crippen molar-refractivity contribution in [1.82, 2.24) is 10.6 Å². The zero-order valence-electron chi connectivity index (χ0n) is 13.5. The molecule has 0 heterocycles. The quantitative estimate of drug-likeness (QED) is 0.642. The fraction of sp³-hybridized carbons (Fsp3) is 0.867. The van der Waals surface area contributed by atoms with Crippen LogP contribution in [0.2, 0.25) is 0 Å². The molecule has 0 aliphatic carbocycles. The highest BCUT2D eigenvalue weighted by molar-refractivity contribution is 5.75. The van der Waals surface area contributed by atoms with Gasteiger partial charge in [0.2, 0.25) is 0 Å². The van der Waals surface area contributed by atoms with Crippen molar-refractivity contribution >= 4 is 12.0 Å². The first-order chi connectivity index (χ1) is 9.17. The van der Waals surface area contributed by atoms with Crippen molar-refractivity contribution in [2.24, 2.45) is 11.3 Å². The van der Waals surface area contributed by atoms with E-state index < -0.39 is 5.97 Å². The van der Waals surface area contributed by atoms with Crippen molar-refractivity contribution in [3.8, 4) is 0 Å². The topological polar surface area (TPSA) is 78.4 Å². The summed E-state index contributed by atoms with van der Waals surface area (Å²) in [5.74, 6) is -0.416. The summed E-state index contributed by atoms with van der Waals surface area (Å²) in [5.41, 5.74) is -0.0250. The van der Waals surface area contributed by atoms with Crippen LogP contribution in [0.5, 0.6) is 0 Å². The van der Waals surface area contributed by atoms with Crippen molar-refractivity contribution in [3.05, 3.63) is 0 Å². The third kappa shape index (κ3) is 9.64. The van der Waals surface area contributed by atoms with Crippen LogP contribution in [0, 0.1) is 11.3 Å². The maximum Gasteiger partial charge on any atom is 0.315 e. The lowest BCUT2D eigenvalue weighted by atomic mass is 9.87. The summed E-state index contributed by atoms with van der Waals surface area (Å²) in [4.78, 5) is 22.7. The molecule has 0 aromatic carbocycles. The van der Waals surface area contributed by atoms with E-state index in [0.29, 0.717) is 18.9 Å². The molecule has 0 saturated carbocycles. The lowest BCUT2D eigenvalue weighted by Crippen LogP contribution is -2.45. The Hall–Kier alpha value is -1.26. The molecule has 20 heavy (non-hydrogen) atoms. The number of amides is 2. The first-order valence-electron chi connectivity index (χ1n) is 7.44. The van der Waals surface area contributed by atoms with Crippen LogP contribution in [0.1, 0.15) is 60.3 Å². The molecule has 5 nitrogen and oxygen atoms in total. The molecule has 0 fully saturated rings. The number of rotatable bonds is 8. The number of hydrogen-bond donors (Lipinski definition) is 3. The van der Waals surface area contributed by atoms with Gasteiger partial charge in [-0.05, 0) is 17.8 Å². The Morgan fingerprint density at radius 1 is 1.15 bits per heavy atom. The number of carboxylic acid groups (broad SMARTS) is 1. The minimum atomic E-state index is -0.889. The second kappa shape index (κ2) is 8.82. The van der Waals surface area contributed by atoms with E-state index in [1.54, 1.807) is 0 Å². The van der Waals surface area contributed by atoms with Gasteiger partial charge in [0.1, 0.15) is 0 Å².